The van der Waals surface area contributed by atoms with Crippen molar-refractivity contribution >= 4 is 0 Å². The molecule has 106 valence electrons. The van der Waals surface area contributed by atoms with Crippen LogP contribution in [0.5, 0.6) is 0 Å². The second-order valence-corrected chi connectivity index (χ2v) is 6.38. The molecular formula is C16H29FO. The van der Waals surface area contributed by atoms with E-state index < -0.39 is 0 Å². The lowest BCUT2D eigenvalue weighted by Gasteiger charge is -2.37. The fraction of sp³-hybridized carbons (Fsp3) is 1.00. The van der Waals surface area contributed by atoms with Gasteiger partial charge in [0, 0.05) is 7.11 Å². The molecule has 2 heteroatoms. The van der Waals surface area contributed by atoms with Crippen LogP contribution in [0.25, 0.3) is 0 Å². The van der Waals surface area contributed by atoms with E-state index in [0.717, 1.165) is 30.6 Å². The summed E-state index contributed by atoms with van der Waals surface area (Å²) in [5, 5.41) is 0. The number of methoxy groups -OCH3 is 1. The van der Waals surface area contributed by atoms with Crippen molar-refractivity contribution in [3.8, 4) is 0 Å². The maximum absolute atomic E-state index is 12.2. The van der Waals surface area contributed by atoms with Crippen LogP contribution in [0.15, 0.2) is 0 Å². The lowest BCUT2D eigenvalue weighted by Crippen LogP contribution is -2.28. The van der Waals surface area contributed by atoms with Gasteiger partial charge < -0.3 is 4.74 Å². The Morgan fingerprint density at radius 3 is 1.94 bits per heavy atom. The average Bonchev–Trinajstić information content (AvgIpc) is 2.46. The Bertz CT molecular complexity index is 215. The van der Waals surface area contributed by atoms with Crippen molar-refractivity contribution in [1.29, 1.82) is 0 Å². The maximum Gasteiger partial charge on any atom is 0.0894 e. The molecule has 0 N–H and O–H groups in total. The molecule has 0 amide bonds. The highest BCUT2D eigenvalue weighted by molar-refractivity contribution is 4.82. The van der Waals surface area contributed by atoms with Gasteiger partial charge in [0.15, 0.2) is 0 Å². The molecule has 0 unspecified atom stereocenters. The van der Waals surface area contributed by atoms with Crippen molar-refractivity contribution in [2.24, 2.45) is 17.8 Å². The van der Waals surface area contributed by atoms with Crippen molar-refractivity contribution in [3.05, 3.63) is 0 Å². The van der Waals surface area contributed by atoms with Gasteiger partial charge in [0.2, 0.25) is 0 Å². The van der Waals surface area contributed by atoms with Crippen LogP contribution in [0.2, 0.25) is 0 Å². The van der Waals surface area contributed by atoms with Crippen LogP contribution in [0.4, 0.5) is 4.39 Å². The van der Waals surface area contributed by atoms with Gasteiger partial charge in [-0.1, -0.05) is 12.8 Å². The number of hydrogen-bond donors (Lipinski definition) is 0. The van der Waals surface area contributed by atoms with Crippen LogP contribution < -0.4 is 0 Å². The third-order valence-electron chi connectivity index (χ3n) is 5.36. The third-order valence-corrected chi connectivity index (χ3v) is 5.36. The molecule has 0 bridgehead atoms. The predicted molar refractivity (Wildman–Crippen MR) is 73.4 cm³/mol. The standard InChI is InChI=1S/C16H29FO/c1-18-16-10-8-15(9-11-16)14-6-4-13(5-7-14)3-2-12-17/h13-16H,2-12H2,1H3. The molecular weight excluding hydrogens is 227 g/mol. The molecule has 2 saturated carbocycles. The molecule has 0 aromatic rings. The first-order chi connectivity index (χ1) is 8.83. The van der Waals surface area contributed by atoms with Gasteiger partial charge in [0.1, 0.15) is 0 Å². The van der Waals surface area contributed by atoms with E-state index in [9.17, 15) is 4.39 Å². The van der Waals surface area contributed by atoms with E-state index in [1.165, 1.54) is 51.4 Å². The molecule has 0 spiro atoms. The number of rotatable bonds is 5. The third kappa shape index (κ3) is 3.94. The van der Waals surface area contributed by atoms with E-state index >= 15 is 0 Å². The summed E-state index contributed by atoms with van der Waals surface area (Å²) in [7, 11) is 1.85. The van der Waals surface area contributed by atoms with E-state index in [-0.39, 0.29) is 6.67 Å². The van der Waals surface area contributed by atoms with Crippen LogP contribution in [-0.4, -0.2) is 19.9 Å². The topological polar surface area (TPSA) is 9.23 Å². The Labute approximate surface area is 111 Å². The first kappa shape index (κ1) is 14.3. The summed E-state index contributed by atoms with van der Waals surface area (Å²) in [6.45, 7) is -0.124. The van der Waals surface area contributed by atoms with Crippen molar-refractivity contribution in [2.45, 2.75) is 70.3 Å². The molecule has 0 atom stereocenters. The first-order valence-corrected chi connectivity index (χ1v) is 7.92. The molecule has 0 radical (unpaired) electrons. The van der Waals surface area contributed by atoms with Crippen molar-refractivity contribution in [3.63, 3.8) is 0 Å². The molecule has 1 nitrogen and oxygen atoms in total. The second kappa shape index (κ2) is 7.47. The number of hydrogen-bond acceptors (Lipinski definition) is 1. The summed E-state index contributed by atoms with van der Waals surface area (Å²) in [5.74, 6) is 2.75. The zero-order chi connectivity index (χ0) is 12.8. The van der Waals surface area contributed by atoms with Crippen LogP contribution in [0, 0.1) is 17.8 Å². The van der Waals surface area contributed by atoms with Crippen LogP contribution in [0.1, 0.15) is 64.2 Å². The first-order valence-electron chi connectivity index (χ1n) is 7.92. The lowest BCUT2D eigenvalue weighted by atomic mass is 9.70. The highest BCUT2D eigenvalue weighted by atomic mass is 19.1. The molecule has 0 aromatic heterocycles. The Balaban J connectivity index is 1.67. The summed E-state index contributed by atoms with van der Waals surface area (Å²) in [4.78, 5) is 0. The Morgan fingerprint density at radius 1 is 0.889 bits per heavy atom. The summed E-state index contributed by atoms with van der Waals surface area (Å²) >= 11 is 0. The average molecular weight is 256 g/mol. The number of halogens is 1. The summed E-state index contributed by atoms with van der Waals surface area (Å²) in [6.07, 6.45) is 13.2. The van der Waals surface area contributed by atoms with Crippen molar-refractivity contribution in [1.82, 2.24) is 0 Å². The van der Waals surface area contributed by atoms with Crippen LogP contribution in [0.3, 0.4) is 0 Å². The zero-order valence-corrected chi connectivity index (χ0v) is 11.9. The smallest absolute Gasteiger partial charge is 0.0894 e. The van der Waals surface area contributed by atoms with Gasteiger partial charge in [-0.3, -0.25) is 4.39 Å². The molecule has 0 heterocycles. The maximum atomic E-state index is 12.2. The van der Waals surface area contributed by atoms with Gasteiger partial charge in [0.05, 0.1) is 12.8 Å². The zero-order valence-electron chi connectivity index (χ0n) is 11.9. The lowest BCUT2D eigenvalue weighted by molar-refractivity contribution is 0.0391. The Morgan fingerprint density at radius 2 is 1.44 bits per heavy atom. The predicted octanol–water partition coefficient (Wildman–Crippen LogP) is 4.75. The molecule has 0 aromatic carbocycles. The molecule has 2 aliphatic carbocycles. The van der Waals surface area contributed by atoms with Gasteiger partial charge in [-0.15, -0.1) is 0 Å². The van der Waals surface area contributed by atoms with E-state index in [2.05, 4.69) is 0 Å². The highest BCUT2D eigenvalue weighted by Gasteiger charge is 2.30. The monoisotopic (exact) mass is 256 g/mol. The quantitative estimate of drug-likeness (QED) is 0.690. The fourth-order valence-corrected chi connectivity index (χ4v) is 4.11. The van der Waals surface area contributed by atoms with E-state index in [0.29, 0.717) is 6.10 Å². The van der Waals surface area contributed by atoms with E-state index in [1.807, 2.05) is 7.11 Å². The molecule has 18 heavy (non-hydrogen) atoms. The van der Waals surface area contributed by atoms with Gasteiger partial charge in [0.25, 0.3) is 0 Å². The van der Waals surface area contributed by atoms with Gasteiger partial charge >= 0.3 is 0 Å². The SMILES string of the molecule is COC1CCC(C2CCC(CCCF)CC2)CC1. The largest absolute Gasteiger partial charge is 0.381 e. The molecule has 0 saturated heterocycles. The number of alkyl halides is 1. The minimum absolute atomic E-state index is 0.124. The molecule has 2 fully saturated rings. The Kier molecular flexibility index (Phi) is 5.94. The minimum atomic E-state index is -0.124. The molecule has 2 rings (SSSR count). The van der Waals surface area contributed by atoms with Crippen molar-refractivity contribution < 1.29 is 9.13 Å². The van der Waals surface area contributed by atoms with Gasteiger partial charge in [-0.25, -0.2) is 0 Å². The van der Waals surface area contributed by atoms with E-state index in [1.54, 1.807) is 0 Å². The van der Waals surface area contributed by atoms with Crippen LogP contribution in [-0.2, 0) is 4.74 Å². The van der Waals surface area contributed by atoms with Gasteiger partial charge in [-0.05, 0) is 69.1 Å². The van der Waals surface area contributed by atoms with Crippen molar-refractivity contribution in [2.75, 3.05) is 13.8 Å². The minimum Gasteiger partial charge on any atom is -0.381 e. The highest BCUT2D eigenvalue weighted by Crippen LogP contribution is 2.41. The second-order valence-electron chi connectivity index (χ2n) is 6.38. The van der Waals surface area contributed by atoms with Gasteiger partial charge in [-0.2, -0.15) is 0 Å². The molecule has 0 aliphatic heterocycles. The normalized spacial score (nSPS) is 37.7. The summed E-state index contributed by atoms with van der Waals surface area (Å²) < 4.78 is 17.6. The number of ether oxygens (including phenoxy) is 1. The van der Waals surface area contributed by atoms with Crippen LogP contribution >= 0.6 is 0 Å². The molecule has 2 aliphatic rings. The van der Waals surface area contributed by atoms with E-state index in [4.69, 9.17) is 4.74 Å². The summed E-state index contributed by atoms with van der Waals surface area (Å²) in [6, 6.07) is 0. The summed E-state index contributed by atoms with van der Waals surface area (Å²) in [5.41, 5.74) is 0. The Hall–Kier alpha value is -0.110. The fourth-order valence-electron chi connectivity index (χ4n) is 4.11.